The lowest BCUT2D eigenvalue weighted by Crippen LogP contribution is -2.27. The van der Waals surface area contributed by atoms with Crippen LogP contribution in [-0.4, -0.2) is 5.66 Å². The van der Waals surface area contributed by atoms with Crippen molar-refractivity contribution in [3.8, 4) is 0 Å². The highest BCUT2D eigenvalue weighted by Crippen LogP contribution is 2.69. The molecule has 1 heterocycles. The van der Waals surface area contributed by atoms with Gasteiger partial charge < -0.3 is 0 Å². The monoisotopic (exact) mass is 262 g/mol. The second-order valence-corrected chi connectivity index (χ2v) is 10.4. The van der Waals surface area contributed by atoms with Crippen molar-refractivity contribution in [2.75, 3.05) is 0 Å². The first-order valence-electron chi connectivity index (χ1n) is 6.43. The van der Waals surface area contributed by atoms with Gasteiger partial charge in [-0.25, -0.2) is 0 Å². The van der Waals surface area contributed by atoms with Gasteiger partial charge in [0.05, 0.1) is 0 Å². The summed E-state index contributed by atoms with van der Waals surface area (Å²) in [6, 6.07) is 9.34. The van der Waals surface area contributed by atoms with Gasteiger partial charge >= 0.3 is 0 Å². The summed E-state index contributed by atoms with van der Waals surface area (Å²) >= 11 is 6.12. The number of allylic oxidation sites excluding steroid dienone is 1. The SMILES string of the molecule is CC1CC[C@H]2[C@]1(C)C=C[P@]2(=S)c1ccccc1. The van der Waals surface area contributed by atoms with Crippen LogP contribution in [0.5, 0.6) is 0 Å². The Kier molecular flexibility index (Phi) is 2.61. The molecule has 1 aliphatic heterocycles. The minimum atomic E-state index is -1.48. The third-order valence-corrected chi connectivity index (χ3v) is 10.1. The second-order valence-electron chi connectivity index (χ2n) is 5.72. The number of hydrogen-bond acceptors (Lipinski definition) is 1. The van der Waals surface area contributed by atoms with E-state index in [4.69, 9.17) is 11.8 Å². The summed E-state index contributed by atoms with van der Waals surface area (Å²) in [4.78, 5) is 0. The van der Waals surface area contributed by atoms with Crippen LogP contribution in [0.15, 0.2) is 42.2 Å². The van der Waals surface area contributed by atoms with Gasteiger partial charge in [0.1, 0.15) is 0 Å². The Labute approximate surface area is 109 Å². The minimum absolute atomic E-state index is 0.366. The van der Waals surface area contributed by atoms with Crippen LogP contribution in [0.1, 0.15) is 26.7 Å². The summed E-state index contributed by atoms with van der Waals surface area (Å²) in [6.45, 7) is 4.81. The molecule has 1 unspecified atom stereocenters. The average molecular weight is 262 g/mol. The molecule has 1 aromatic rings. The molecule has 0 nitrogen and oxygen atoms in total. The van der Waals surface area contributed by atoms with Gasteiger partial charge in [-0.1, -0.05) is 62.1 Å². The second kappa shape index (κ2) is 3.80. The maximum Gasteiger partial charge on any atom is 0.00715 e. The van der Waals surface area contributed by atoms with E-state index in [1.54, 1.807) is 0 Å². The first-order chi connectivity index (χ1) is 8.07. The molecule has 90 valence electrons. The van der Waals surface area contributed by atoms with Crippen LogP contribution in [0.2, 0.25) is 0 Å². The van der Waals surface area contributed by atoms with Crippen LogP contribution in [-0.2, 0) is 11.8 Å². The quantitative estimate of drug-likeness (QED) is 0.686. The van der Waals surface area contributed by atoms with Gasteiger partial charge in [-0.15, -0.1) is 0 Å². The van der Waals surface area contributed by atoms with Crippen molar-refractivity contribution < 1.29 is 0 Å². The van der Waals surface area contributed by atoms with Gasteiger partial charge in [-0.2, -0.15) is 0 Å². The zero-order chi connectivity index (χ0) is 12.1. The van der Waals surface area contributed by atoms with Gasteiger partial charge in [0, 0.05) is 11.7 Å². The fourth-order valence-corrected chi connectivity index (χ4v) is 8.71. The van der Waals surface area contributed by atoms with Crippen molar-refractivity contribution in [3.05, 3.63) is 42.2 Å². The first-order valence-corrected chi connectivity index (χ1v) is 9.37. The van der Waals surface area contributed by atoms with Crippen LogP contribution in [0.4, 0.5) is 0 Å². The highest BCUT2D eigenvalue weighted by Gasteiger charge is 2.52. The van der Waals surface area contributed by atoms with E-state index in [1.165, 1.54) is 18.1 Å². The molecule has 0 saturated heterocycles. The van der Waals surface area contributed by atoms with E-state index in [2.05, 4.69) is 56.1 Å². The Morgan fingerprint density at radius 1 is 1.24 bits per heavy atom. The lowest BCUT2D eigenvalue weighted by atomic mass is 9.81. The van der Waals surface area contributed by atoms with E-state index >= 15 is 0 Å². The van der Waals surface area contributed by atoms with E-state index in [0.29, 0.717) is 11.1 Å². The number of hydrogen-bond donors (Lipinski definition) is 0. The fraction of sp³-hybridized carbons (Fsp3) is 0.467. The Morgan fingerprint density at radius 3 is 2.65 bits per heavy atom. The normalized spacial score (nSPS) is 43.9. The molecule has 1 aliphatic carbocycles. The molecule has 2 heteroatoms. The van der Waals surface area contributed by atoms with E-state index < -0.39 is 6.04 Å². The molecule has 3 rings (SSSR count). The molecule has 1 fully saturated rings. The summed E-state index contributed by atoms with van der Waals surface area (Å²) in [7, 11) is 0. The molecule has 0 amide bonds. The summed E-state index contributed by atoms with van der Waals surface area (Å²) in [5, 5.41) is 1.41. The smallest absolute Gasteiger partial charge is 0.00715 e. The predicted molar refractivity (Wildman–Crippen MR) is 79.8 cm³/mol. The third kappa shape index (κ3) is 1.52. The summed E-state index contributed by atoms with van der Waals surface area (Å²) in [5.41, 5.74) is 1.08. The number of benzene rings is 1. The highest BCUT2D eigenvalue weighted by molar-refractivity contribution is 8.20. The van der Waals surface area contributed by atoms with Gasteiger partial charge in [0.15, 0.2) is 0 Å². The van der Waals surface area contributed by atoms with Crippen LogP contribution < -0.4 is 5.30 Å². The molecule has 1 aromatic carbocycles. The van der Waals surface area contributed by atoms with Gasteiger partial charge in [0.25, 0.3) is 0 Å². The van der Waals surface area contributed by atoms with Crippen molar-refractivity contribution >= 4 is 23.1 Å². The first kappa shape index (κ1) is 11.7. The number of fused-ring (bicyclic) bond motifs is 1. The molecule has 0 bridgehead atoms. The summed E-state index contributed by atoms with van der Waals surface area (Å²) < 4.78 is 0. The van der Waals surface area contributed by atoms with Crippen LogP contribution in [0.25, 0.3) is 0 Å². The van der Waals surface area contributed by atoms with Crippen molar-refractivity contribution in [1.29, 1.82) is 0 Å². The molecule has 4 atom stereocenters. The lowest BCUT2D eigenvalue weighted by molar-refractivity contribution is 0.342. The Hall–Kier alpha value is -0.390. The molecule has 17 heavy (non-hydrogen) atoms. The number of rotatable bonds is 1. The topological polar surface area (TPSA) is 0 Å². The molecule has 1 saturated carbocycles. The van der Waals surface area contributed by atoms with Crippen molar-refractivity contribution in [2.24, 2.45) is 11.3 Å². The van der Waals surface area contributed by atoms with E-state index in [0.717, 1.165) is 5.92 Å². The standard InChI is InChI=1S/C15H19PS/c1-12-8-9-14-15(12,2)10-11-16(14,17)13-6-4-3-5-7-13/h3-7,10-12,14H,8-9H2,1-2H3/t12?,14-,15+,16-/m0/s1. The Bertz CT molecular complexity index is 505. The zero-order valence-corrected chi connectivity index (χ0v) is 12.2. The van der Waals surface area contributed by atoms with Gasteiger partial charge in [-0.3, -0.25) is 0 Å². The molecular formula is C15H19PS. The molecule has 0 spiro atoms. The fourth-order valence-electron chi connectivity index (χ4n) is 3.54. The largest absolute Gasteiger partial charge is 0.0879 e. The lowest BCUT2D eigenvalue weighted by Gasteiger charge is -2.32. The predicted octanol–water partition coefficient (Wildman–Crippen LogP) is 4.12. The van der Waals surface area contributed by atoms with Crippen LogP contribution in [0, 0.1) is 11.3 Å². The minimum Gasteiger partial charge on any atom is -0.0879 e. The maximum atomic E-state index is 6.12. The van der Waals surface area contributed by atoms with Crippen molar-refractivity contribution in [3.63, 3.8) is 0 Å². The molecule has 2 aliphatic rings. The van der Waals surface area contributed by atoms with E-state index in [-0.39, 0.29) is 0 Å². The van der Waals surface area contributed by atoms with E-state index in [9.17, 15) is 0 Å². The highest BCUT2D eigenvalue weighted by atomic mass is 32.4. The third-order valence-electron chi connectivity index (χ3n) is 4.93. The average Bonchev–Trinajstić information content (AvgIpc) is 2.79. The van der Waals surface area contributed by atoms with Gasteiger partial charge in [-0.05, 0) is 35.3 Å². The molecule has 0 N–H and O–H groups in total. The van der Waals surface area contributed by atoms with E-state index in [1.807, 2.05) is 0 Å². The van der Waals surface area contributed by atoms with Crippen molar-refractivity contribution in [2.45, 2.75) is 32.3 Å². The summed E-state index contributed by atoms with van der Waals surface area (Å²) in [6.07, 6.45) is 5.11. The molecule has 0 aromatic heterocycles. The summed E-state index contributed by atoms with van der Waals surface area (Å²) in [5.74, 6) is 3.19. The maximum absolute atomic E-state index is 6.12. The Balaban J connectivity index is 2.08. The van der Waals surface area contributed by atoms with Crippen molar-refractivity contribution in [1.82, 2.24) is 0 Å². The van der Waals surface area contributed by atoms with Gasteiger partial charge in [0.2, 0.25) is 0 Å². The van der Waals surface area contributed by atoms with Crippen LogP contribution in [0.3, 0.4) is 0 Å². The Morgan fingerprint density at radius 2 is 1.94 bits per heavy atom. The zero-order valence-electron chi connectivity index (χ0n) is 10.5. The molecular weight excluding hydrogens is 243 g/mol. The molecule has 0 radical (unpaired) electrons. The van der Waals surface area contributed by atoms with Crippen LogP contribution >= 0.6 is 6.04 Å².